The van der Waals surface area contributed by atoms with Crippen molar-refractivity contribution in [2.45, 2.75) is 32.9 Å². The van der Waals surface area contributed by atoms with Crippen LogP contribution < -0.4 is 5.32 Å². The van der Waals surface area contributed by atoms with Gasteiger partial charge in [-0.3, -0.25) is 4.98 Å². The van der Waals surface area contributed by atoms with Gasteiger partial charge in [0.25, 0.3) is 0 Å². The first kappa shape index (κ1) is 11.9. The summed E-state index contributed by atoms with van der Waals surface area (Å²) >= 11 is 0. The number of hydrogen-bond acceptors (Lipinski definition) is 4. The Bertz CT molecular complexity index is 315. The van der Waals surface area contributed by atoms with Crippen LogP contribution in [0, 0.1) is 6.92 Å². The summed E-state index contributed by atoms with van der Waals surface area (Å²) in [7, 11) is 0. The summed E-state index contributed by atoms with van der Waals surface area (Å²) in [6.45, 7) is 4.57. The molecule has 0 aliphatic heterocycles. The van der Waals surface area contributed by atoms with Gasteiger partial charge in [-0.2, -0.15) is 0 Å². The molecule has 3 N–H and O–H groups in total. The minimum Gasteiger partial charge on any atom is -0.506 e. The van der Waals surface area contributed by atoms with Gasteiger partial charge in [0.2, 0.25) is 0 Å². The molecule has 4 heteroatoms. The molecule has 1 heterocycles. The van der Waals surface area contributed by atoms with E-state index in [0.717, 1.165) is 5.69 Å². The Balaban J connectivity index is 2.53. The number of aliphatic hydroxyl groups excluding tert-OH is 1. The Morgan fingerprint density at radius 1 is 1.47 bits per heavy atom. The molecule has 1 aromatic heterocycles. The maximum atomic E-state index is 9.53. The van der Waals surface area contributed by atoms with E-state index in [1.165, 1.54) is 0 Å². The molecule has 1 atom stereocenters. The lowest BCUT2D eigenvalue weighted by atomic mass is 10.2. The number of hydrogen-bond donors (Lipinski definition) is 3. The molecule has 1 unspecified atom stereocenters. The zero-order valence-corrected chi connectivity index (χ0v) is 9.20. The molecule has 84 valence electrons. The van der Waals surface area contributed by atoms with Crippen LogP contribution in [0.1, 0.15) is 24.7 Å². The second-order valence-corrected chi connectivity index (χ2v) is 3.71. The predicted octanol–water partition coefficient (Wildman–Crippen LogP) is 0.956. The van der Waals surface area contributed by atoms with Gasteiger partial charge in [0.1, 0.15) is 5.75 Å². The molecule has 0 saturated carbocycles. The monoisotopic (exact) mass is 210 g/mol. The van der Waals surface area contributed by atoms with Crippen LogP contribution >= 0.6 is 0 Å². The average Bonchev–Trinajstić information content (AvgIpc) is 2.20. The lowest BCUT2D eigenvalue weighted by Gasteiger charge is -2.12. The summed E-state index contributed by atoms with van der Waals surface area (Å²) in [6, 6.07) is 3.64. The largest absolute Gasteiger partial charge is 0.506 e. The fourth-order valence-electron chi connectivity index (χ4n) is 1.30. The third-order valence-corrected chi connectivity index (χ3v) is 2.27. The number of nitrogens with one attached hydrogen (secondary N) is 1. The minimum absolute atomic E-state index is 0.168. The number of aromatic nitrogens is 1. The Morgan fingerprint density at radius 3 is 2.87 bits per heavy atom. The average molecular weight is 210 g/mol. The normalized spacial score (nSPS) is 12.7. The van der Waals surface area contributed by atoms with Crippen molar-refractivity contribution in [1.82, 2.24) is 10.3 Å². The molecule has 0 spiro atoms. The standard InChI is InChI=1S/C11H18N2O2/c1-8(5-6-14)12-7-10-11(15)4-3-9(2)13-10/h3-4,8,12,14-15H,5-7H2,1-2H3. The molecule has 1 rings (SSSR count). The van der Waals surface area contributed by atoms with Crippen molar-refractivity contribution in [3.63, 3.8) is 0 Å². The van der Waals surface area contributed by atoms with Gasteiger partial charge in [-0.1, -0.05) is 0 Å². The van der Waals surface area contributed by atoms with E-state index in [0.29, 0.717) is 18.7 Å². The van der Waals surface area contributed by atoms with E-state index in [1.54, 1.807) is 12.1 Å². The summed E-state index contributed by atoms with van der Waals surface area (Å²) < 4.78 is 0. The highest BCUT2D eigenvalue weighted by Gasteiger charge is 2.05. The van der Waals surface area contributed by atoms with E-state index < -0.39 is 0 Å². The lowest BCUT2D eigenvalue weighted by molar-refractivity contribution is 0.268. The van der Waals surface area contributed by atoms with Crippen LogP contribution in [0.15, 0.2) is 12.1 Å². The number of aryl methyl sites for hydroxylation is 1. The van der Waals surface area contributed by atoms with Crippen LogP contribution in [0.25, 0.3) is 0 Å². The number of pyridine rings is 1. The lowest BCUT2D eigenvalue weighted by Crippen LogP contribution is -2.26. The second kappa shape index (κ2) is 5.68. The van der Waals surface area contributed by atoms with Crippen LogP contribution in [0.5, 0.6) is 5.75 Å². The van der Waals surface area contributed by atoms with Crippen molar-refractivity contribution in [2.75, 3.05) is 6.61 Å². The number of aromatic hydroxyl groups is 1. The topological polar surface area (TPSA) is 65.4 Å². The highest BCUT2D eigenvalue weighted by molar-refractivity contribution is 5.27. The molecule has 0 saturated heterocycles. The molecule has 0 fully saturated rings. The molecule has 0 amide bonds. The van der Waals surface area contributed by atoms with Gasteiger partial charge in [0, 0.05) is 24.9 Å². The van der Waals surface area contributed by atoms with Crippen molar-refractivity contribution in [2.24, 2.45) is 0 Å². The van der Waals surface area contributed by atoms with E-state index >= 15 is 0 Å². The molecule has 0 bridgehead atoms. The van der Waals surface area contributed by atoms with Crippen LogP contribution in [-0.4, -0.2) is 27.8 Å². The van der Waals surface area contributed by atoms with Crippen LogP contribution in [0.4, 0.5) is 0 Å². The van der Waals surface area contributed by atoms with Gasteiger partial charge >= 0.3 is 0 Å². The highest BCUT2D eigenvalue weighted by Crippen LogP contribution is 2.14. The Hall–Kier alpha value is -1.13. The molecule has 0 aromatic carbocycles. The Labute approximate surface area is 90.0 Å². The van der Waals surface area contributed by atoms with E-state index in [2.05, 4.69) is 10.3 Å². The minimum atomic E-state index is 0.168. The Morgan fingerprint density at radius 2 is 2.20 bits per heavy atom. The molecule has 0 aliphatic carbocycles. The van der Waals surface area contributed by atoms with Gasteiger partial charge in [0.15, 0.2) is 0 Å². The zero-order chi connectivity index (χ0) is 11.3. The molecule has 1 aromatic rings. The van der Waals surface area contributed by atoms with Crippen molar-refractivity contribution < 1.29 is 10.2 Å². The van der Waals surface area contributed by atoms with Crippen molar-refractivity contribution in [3.05, 3.63) is 23.5 Å². The van der Waals surface area contributed by atoms with Gasteiger partial charge in [-0.05, 0) is 32.4 Å². The van der Waals surface area contributed by atoms with E-state index in [-0.39, 0.29) is 18.4 Å². The number of aliphatic hydroxyl groups is 1. The van der Waals surface area contributed by atoms with Crippen LogP contribution in [-0.2, 0) is 6.54 Å². The van der Waals surface area contributed by atoms with Gasteiger partial charge in [0.05, 0.1) is 5.69 Å². The van der Waals surface area contributed by atoms with E-state index in [9.17, 15) is 5.11 Å². The van der Waals surface area contributed by atoms with E-state index in [4.69, 9.17) is 5.11 Å². The quantitative estimate of drug-likeness (QED) is 0.677. The molecule has 0 aliphatic rings. The zero-order valence-electron chi connectivity index (χ0n) is 9.20. The maximum absolute atomic E-state index is 9.53. The highest BCUT2D eigenvalue weighted by atomic mass is 16.3. The van der Waals surface area contributed by atoms with E-state index in [1.807, 2.05) is 13.8 Å². The summed E-state index contributed by atoms with van der Waals surface area (Å²) in [4.78, 5) is 4.23. The molecular weight excluding hydrogens is 192 g/mol. The third-order valence-electron chi connectivity index (χ3n) is 2.27. The SMILES string of the molecule is Cc1ccc(O)c(CNC(C)CCO)n1. The number of rotatable bonds is 5. The number of nitrogens with zero attached hydrogens (tertiary/aromatic N) is 1. The molecule has 4 nitrogen and oxygen atoms in total. The van der Waals surface area contributed by atoms with Gasteiger partial charge in [-0.25, -0.2) is 0 Å². The van der Waals surface area contributed by atoms with Crippen molar-refractivity contribution in [1.29, 1.82) is 0 Å². The van der Waals surface area contributed by atoms with Crippen molar-refractivity contribution >= 4 is 0 Å². The summed E-state index contributed by atoms with van der Waals surface area (Å²) in [5.41, 5.74) is 1.54. The van der Waals surface area contributed by atoms with Gasteiger partial charge in [-0.15, -0.1) is 0 Å². The first-order valence-corrected chi connectivity index (χ1v) is 5.13. The van der Waals surface area contributed by atoms with Crippen molar-refractivity contribution in [3.8, 4) is 5.75 Å². The second-order valence-electron chi connectivity index (χ2n) is 3.71. The molecular formula is C11H18N2O2. The fraction of sp³-hybridized carbons (Fsp3) is 0.545. The maximum Gasteiger partial charge on any atom is 0.138 e. The smallest absolute Gasteiger partial charge is 0.138 e. The Kier molecular flexibility index (Phi) is 4.52. The van der Waals surface area contributed by atoms with Crippen LogP contribution in [0.2, 0.25) is 0 Å². The van der Waals surface area contributed by atoms with Gasteiger partial charge < -0.3 is 15.5 Å². The molecule has 15 heavy (non-hydrogen) atoms. The fourth-order valence-corrected chi connectivity index (χ4v) is 1.30. The third kappa shape index (κ3) is 3.85. The summed E-state index contributed by atoms with van der Waals surface area (Å²) in [5, 5.41) is 21.4. The molecule has 0 radical (unpaired) electrons. The summed E-state index contributed by atoms with van der Waals surface area (Å²) in [6.07, 6.45) is 0.701. The first-order valence-electron chi connectivity index (χ1n) is 5.13. The predicted molar refractivity (Wildman–Crippen MR) is 58.6 cm³/mol. The first-order chi connectivity index (χ1) is 7.13. The van der Waals surface area contributed by atoms with Crippen LogP contribution in [0.3, 0.4) is 0 Å². The summed E-state index contributed by atoms with van der Waals surface area (Å²) in [5.74, 6) is 0.212.